The van der Waals surface area contributed by atoms with Gasteiger partial charge in [0.1, 0.15) is 34.5 Å². The number of amides is 2. The van der Waals surface area contributed by atoms with Crippen LogP contribution in [-0.4, -0.2) is 59.3 Å². The molecule has 1 aliphatic heterocycles. The van der Waals surface area contributed by atoms with Crippen LogP contribution in [-0.2, 0) is 16.1 Å². The number of fused-ring (bicyclic) bond motifs is 1. The molecule has 0 bridgehead atoms. The molecule has 2 amide bonds. The molecule has 4 heterocycles. The van der Waals surface area contributed by atoms with Crippen LogP contribution in [0.2, 0.25) is 0 Å². The van der Waals surface area contributed by atoms with Gasteiger partial charge in [-0.2, -0.15) is 5.10 Å². The number of halogens is 1. The van der Waals surface area contributed by atoms with Crippen LogP contribution in [0.15, 0.2) is 53.4 Å². The minimum Gasteiger partial charge on any atom is -0.326 e. The fourth-order valence-corrected chi connectivity index (χ4v) is 5.54. The van der Waals surface area contributed by atoms with Gasteiger partial charge in [-0.3, -0.25) is 19.1 Å². The number of benzene rings is 1. The van der Waals surface area contributed by atoms with E-state index in [1.165, 1.54) is 6.92 Å². The fraction of sp³-hybridized carbons (Fsp3) is 0.345. The second-order valence-electron chi connectivity index (χ2n) is 10.8. The Labute approximate surface area is 240 Å². The number of pyridine rings is 1. The Hall–Kier alpha value is -3.99. The number of nitrogens with one attached hydrogen (secondary N) is 1. The number of ketones is 1. The Morgan fingerprint density at radius 1 is 1.10 bits per heavy atom. The van der Waals surface area contributed by atoms with Crippen LogP contribution in [0.1, 0.15) is 50.4 Å². The summed E-state index contributed by atoms with van der Waals surface area (Å²) in [5, 5.41) is 8.03. The molecule has 0 spiro atoms. The van der Waals surface area contributed by atoms with Crippen molar-refractivity contribution in [1.82, 2.24) is 29.6 Å². The van der Waals surface area contributed by atoms with E-state index in [1.54, 1.807) is 40.2 Å². The molecule has 2 atom stereocenters. The van der Waals surface area contributed by atoms with Crippen LogP contribution >= 0.6 is 15.9 Å². The second kappa shape index (κ2) is 10.5. The van der Waals surface area contributed by atoms with Gasteiger partial charge in [0.05, 0.1) is 5.52 Å². The number of rotatable bonds is 6. The van der Waals surface area contributed by atoms with Crippen molar-refractivity contribution < 1.29 is 14.4 Å². The number of nitrogens with zero attached hydrogens (tertiary/aromatic N) is 6. The maximum absolute atomic E-state index is 13.8. The average Bonchev–Trinajstić information content (AvgIpc) is 3.38. The summed E-state index contributed by atoms with van der Waals surface area (Å²) in [5.41, 5.74) is 2.30. The van der Waals surface area contributed by atoms with Gasteiger partial charge < -0.3 is 10.2 Å². The van der Waals surface area contributed by atoms with Gasteiger partial charge in [0, 0.05) is 36.3 Å². The molecule has 0 aliphatic carbocycles. The number of Topliss-reactive ketones (excluding diaryl/α,β-unsaturated/α-hetero) is 1. The molecule has 4 aromatic rings. The van der Waals surface area contributed by atoms with Crippen molar-refractivity contribution in [2.75, 3.05) is 5.32 Å². The number of hydrogen-bond donors (Lipinski definition) is 1. The normalized spacial score (nSPS) is 18.2. The molecule has 1 aromatic carbocycles. The highest BCUT2D eigenvalue weighted by Crippen LogP contribution is 2.41. The highest BCUT2D eigenvalue weighted by atomic mass is 79.9. The molecule has 5 rings (SSSR count). The van der Waals surface area contributed by atoms with Gasteiger partial charge in [-0.25, -0.2) is 15.0 Å². The quantitative estimate of drug-likeness (QED) is 0.247. The van der Waals surface area contributed by atoms with Gasteiger partial charge in [-0.15, -0.1) is 0 Å². The van der Waals surface area contributed by atoms with E-state index in [1.807, 2.05) is 32.0 Å². The summed E-state index contributed by atoms with van der Waals surface area (Å²) in [4.78, 5) is 54.2. The third kappa shape index (κ3) is 5.25. The fourth-order valence-electron chi connectivity index (χ4n) is 5.20. The van der Waals surface area contributed by atoms with Gasteiger partial charge in [-0.05, 0) is 71.4 Å². The number of carbonyl (C=O) groups excluding carboxylic acids is 3. The standard InChI is InChI=1S/C29H30BrN7O3/c1-16(38)27-21-11-19(20-13-31-18(3)32-14-20)9-10-22(21)36(35-27)15-26(39)37-17(2)29(4,5)12-23(37)28(40)34-25-8-6-7-24(30)33-25/h6-11,13-14,17,23H,12,15H2,1-5H3,(H,33,34,40)/t17-,23-/m0/s1. The molecule has 40 heavy (non-hydrogen) atoms. The summed E-state index contributed by atoms with van der Waals surface area (Å²) in [6.07, 6.45) is 3.97. The summed E-state index contributed by atoms with van der Waals surface area (Å²) in [6, 6.07) is 9.99. The van der Waals surface area contributed by atoms with Crippen LogP contribution in [0.5, 0.6) is 0 Å². The minimum absolute atomic E-state index is 0.115. The van der Waals surface area contributed by atoms with E-state index < -0.39 is 6.04 Å². The molecule has 1 saturated heterocycles. The van der Waals surface area contributed by atoms with Crippen molar-refractivity contribution in [3.63, 3.8) is 0 Å². The molecular weight excluding hydrogens is 574 g/mol. The van der Waals surface area contributed by atoms with E-state index in [4.69, 9.17) is 0 Å². The summed E-state index contributed by atoms with van der Waals surface area (Å²) in [5.74, 6) is 0.317. The first-order valence-corrected chi connectivity index (χ1v) is 13.8. The van der Waals surface area contributed by atoms with Crippen molar-refractivity contribution in [1.29, 1.82) is 0 Å². The van der Waals surface area contributed by atoms with Crippen molar-refractivity contribution >= 4 is 50.2 Å². The Balaban J connectivity index is 1.46. The Kier molecular flexibility index (Phi) is 7.26. The lowest BCUT2D eigenvalue weighted by Crippen LogP contribution is -2.48. The van der Waals surface area contributed by atoms with E-state index in [0.717, 1.165) is 11.1 Å². The van der Waals surface area contributed by atoms with Crippen LogP contribution in [0.3, 0.4) is 0 Å². The smallest absolute Gasteiger partial charge is 0.248 e. The summed E-state index contributed by atoms with van der Waals surface area (Å²) in [7, 11) is 0. The monoisotopic (exact) mass is 603 g/mol. The second-order valence-corrected chi connectivity index (χ2v) is 11.6. The summed E-state index contributed by atoms with van der Waals surface area (Å²) in [6.45, 7) is 9.22. The Morgan fingerprint density at radius 3 is 2.50 bits per heavy atom. The molecule has 0 saturated carbocycles. The zero-order valence-electron chi connectivity index (χ0n) is 23.0. The number of anilines is 1. The van der Waals surface area contributed by atoms with Crippen molar-refractivity contribution in [2.45, 2.75) is 59.7 Å². The molecule has 0 unspecified atom stereocenters. The average molecular weight is 605 g/mol. The van der Waals surface area contributed by atoms with E-state index in [-0.39, 0.29) is 41.3 Å². The van der Waals surface area contributed by atoms with Crippen molar-refractivity contribution in [3.8, 4) is 11.1 Å². The van der Waals surface area contributed by atoms with E-state index >= 15 is 0 Å². The van der Waals surface area contributed by atoms with Crippen LogP contribution in [0.4, 0.5) is 5.82 Å². The predicted molar refractivity (Wildman–Crippen MR) is 155 cm³/mol. The first kappa shape index (κ1) is 27.6. The molecule has 1 fully saturated rings. The molecular formula is C29H30BrN7O3. The van der Waals surface area contributed by atoms with Gasteiger partial charge in [-0.1, -0.05) is 26.0 Å². The number of aryl methyl sites for hydroxylation is 1. The maximum Gasteiger partial charge on any atom is 0.248 e. The topological polar surface area (TPSA) is 123 Å². The highest BCUT2D eigenvalue weighted by molar-refractivity contribution is 9.10. The van der Waals surface area contributed by atoms with Gasteiger partial charge in [0.2, 0.25) is 11.8 Å². The number of aromatic nitrogens is 5. The Morgan fingerprint density at radius 2 is 1.82 bits per heavy atom. The lowest BCUT2D eigenvalue weighted by atomic mass is 9.84. The van der Waals surface area contributed by atoms with Crippen LogP contribution < -0.4 is 5.32 Å². The highest BCUT2D eigenvalue weighted by Gasteiger charge is 2.49. The van der Waals surface area contributed by atoms with E-state index in [9.17, 15) is 14.4 Å². The minimum atomic E-state index is -0.680. The van der Waals surface area contributed by atoms with Gasteiger partial charge in [0.25, 0.3) is 0 Å². The maximum atomic E-state index is 13.8. The number of likely N-dealkylation sites (tertiary alicyclic amines) is 1. The van der Waals surface area contributed by atoms with Crippen molar-refractivity contribution in [3.05, 3.63) is 64.9 Å². The molecule has 206 valence electrons. The molecule has 1 N–H and O–H groups in total. The van der Waals surface area contributed by atoms with Gasteiger partial charge in [0.15, 0.2) is 5.78 Å². The number of carbonyl (C=O) groups is 3. The van der Waals surface area contributed by atoms with Crippen molar-refractivity contribution in [2.24, 2.45) is 5.41 Å². The Bertz CT molecular complexity index is 1630. The SMILES string of the molecule is CC(=O)c1nn(CC(=O)N2[C@@H](C)C(C)(C)C[C@H]2C(=O)Nc2cccc(Br)n2)c2ccc(-c3cnc(C)nc3)cc12. The van der Waals surface area contributed by atoms with E-state index in [2.05, 4.69) is 55.1 Å². The lowest BCUT2D eigenvalue weighted by molar-refractivity contribution is -0.139. The van der Waals surface area contributed by atoms with E-state index in [0.29, 0.717) is 33.6 Å². The molecule has 1 aliphatic rings. The third-order valence-electron chi connectivity index (χ3n) is 7.64. The molecule has 0 radical (unpaired) electrons. The summed E-state index contributed by atoms with van der Waals surface area (Å²) >= 11 is 3.32. The zero-order valence-corrected chi connectivity index (χ0v) is 24.6. The largest absolute Gasteiger partial charge is 0.326 e. The number of hydrogen-bond acceptors (Lipinski definition) is 7. The predicted octanol–water partition coefficient (Wildman–Crippen LogP) is 4.82. The van der Waals surface area contributed by atoms with Crippen LogP contribution in [0.25, 0.3) is 22.0 Å². The zero-order chi connectivity index (χ0) is 28.8. The summed E-state index contributed by atoms with van der Waals surface area (Å²) < 4.78 is 2.15. The lowest BCUT2D eigenvalue weighted by Gasteiger charge is -2.31. The molecule has 3 aromatic heterocycles. The molecule has 11 heteroatoms. The first-order valence-electron chi connectivity index (χ1n) is 13.0. The molecule has 10 nitrogen and oxygen atoms in total. The third-order valence-corrected chi connectivity index (χ3v) is 8.09. The van der Waals surface area contributed by atoms with Crippen LogP contribution in [0, 0.1) is 12.3 Å². The first-order chi connectivity index (χ1) is 18.9. The van der Waals surface area contributed by atoms with Gasteiger partial charge >= 0.3 is 0 Å².